The van der Waals surface area contributed by atoms with Crippen LogP contribution in [0, 0.1) is 5.92 Å². The number of hydrogen-bond donors (Lipinski definition) is 3. The fourth-order valence-electron chi connectivity index (χ4n) is 2.62. The van der Waals surface area contributed by atoms with E-state index in [-0.39, 0.29) is 12.4 Å². The lowest BCUT2D eigenvalue weighted by Crippen LogP contribution is -2.41. The second kappa shape index (κ2) is 9.20. The van der Waals surface area contributed by atoms with Gasteiger partial charge in [-0.1, -0.05) is 12.1 Å². The normalized spacial score (nSPS) is 21.0. The van der Waals surface area contributed by atoms with Crippen molar-refractivity contribution in [3.63, 3.8) is 0 Å². The Labute approximate surface area is 157 Å². The summed E-state index contributed by atoms with van der Waals surface area (Å²) in [5.41, 5.74) is 1.21. The van der Waals surface area contributed by atoms with Crippen molar-refractivity contribution in [2.45, 2.75) is 26.1 Å². The second-order valence-electron chi connectivity index (χ2n) is 5.85. The Morgan fingerprint density at radius 2 is 2.11 bits per heavy atom. The molecule has 8 heteroatoms. The number of carbonyl (C=O) groups is 2. The first-order valence-corrected chi connectivity index (χ1v) is 8.42. The monoisotopic (exact) mass is 377 g/mol. The molecular weight excluding hydrogens is 354 g/mol. The molecule has 0 fully saturated rings. The van der Waals surface area contributed by atoms with Crippen molar-refractivity contribution < 1.29 is 34.0 Å². The number of anilines is 1. The number of rotatable bonds is 7. The van der Waals surface area contributed by atoms with E-state index in [4.69, 9.17) is 14.2 Å². The van der Waals surface area contributed by atoms with Gasteiger partial charge in [-0.3, -0.25) is 4.79 Å². The van der Waals surface area contributed by atoms with Crippen LogP contribution in [-0.4, -0.2) is 48.1 Å². The number of cyclic esters (lactones) is 1. The van der Waals surface area contributed by atoms with Crippen LogP contribution in [0.25, 0.3) is 0 Å². The molecule has 146 valence electrons. The number of aliphatic hydroxyl groups is 2. The highest BCUT2D eigenvalue weighted by molar-refractivity contribution is 5.92. The SMILES string of the molecule is CCOC(=O)C1=CC(O)C(C(O)C=C(C)Nc2ccccc2OC)C(=O)O1. The van der Waals surface area contributed by atoms with E-state index < -0.39 is 30.1 Å². The molecule has 0 bridgehead atoms. The molecule has 27 heavy (non-hydrogen) atoms. The lowest BCUT2D eigenvalue weighted by molar-refractivity contribution is -0.161. The molecule has 1 aliphatic heterocycles. The molecule has 0 saturated heterocycles. The Morgan fingerprint density at radius 1 is 1.41 bits per heavy atom. The van der Waals surface area contributed by atoms with E-state index in [2.05, 4.69) is 5.32 Å². The first-order valence-electron chi connectivity index (χ1n) is 8.42. The zero-order valence-electron chi connectivity index (χ0n) is 15.3. The van der Waals surface area contributed by atoms with Crippen molar-refractivity contribution in [1.29, 1.82) is 0 Å². The number of allylic oxidation sites excluding steroid dienone is 1. The molecular formula is C19H23NO7. The summed E-state index contributed by atoms with van der Waals surface area (Å²) < 4.78 is 14.9. The van der Waals surface area contributed by atoms with Crippen molar-refractivity contribution in [3.8, 4) is 5.75 Å². The minimum Gasteiger partial charge on any atom is -0.495 e. The van der Waals surface area contributed by atoms with Crippen molar-refractivity contribution in [1.82, 2.24) is 0 Å². The average molecular weight is 377 g/mol. The predicted octanol–water partition coefficient (Wildman–Crippen LogP) is 1.35. The van der Waals surface area contributed by atoms with Crippen molar-refractivity contribution in [2.24, 2.45) is 5.92 Å². The Morgan fingerprint density at radius 3 is 2.74 bits per heavy atom. The van der Waals surface area contributed by atoms with E-state index in [1.165, 1.54) is 13.2 Å². The maximum absolute atomic E-state index is 12.1. The van der Waals surface area contributed by atoms with Gasteiger partial charge in [0, 0.05) is 5.70 Å². The molecule has 0 aliphatic carbocycles. The number of nitrogens with one attached hydrogen (secondary N) is 1. The van der Waals surface area contributed by atoms with E-state index in [0.717, 1.165) is 6.08 Å². The third kappa shape index (κ3) is 5.08. The van der Waals surface area contributed by atoms with E-state index in [0.29, 0.717) is 17.1 Å². The van der Waals surface area contributed by atoms with Crippen LogP contribution >= 0.6 is 0 Å². The third-order valence-corrected chi connectivity index (χ3v) is 3.88. The lowest BCUT2D eigenvalue weighted by Gasteiger charge is -2.27. The van der Waals surface area contributed by atoms with Crippen LogP contribution in [0.5, 0.6) is 5.75 Å². The van der Waals surface area contributed by atoms with Gasteiger partial charge in [-0.15, -0.1) is 0 Å². The summed E-state index contributed by atoms with van der Waals surface area (Å²) in [5.74, 6) is -2.80. The number of methoxy groups -OCH3 is 1. The van der Waals surface area contributed by atoms with Gasteiger partial charge in [-0.2, -0.15) is 0 Å². The maximum atomic E-state index is 12.1. The van der Waals surface area contributed by atoms with Gasteiger partial charge in [0.25, 0.3) is 0 Å². The van der Waals surface area contributed by atoms with Gasteiger partial charge in [0.1, 0.15) is 11.7 Å². The molecule has 2 rings (SSSR count). The fourth-order valence-corrected chi connectivity index (χ4v) is 2.62. The quantitative estimate of drug-likeness (QED) is 0.610. The minimum atomic E-state index is -1.39. The molecule has 1 heterocycles. The van der Waals surface area contributed by atoms with Crippen LogP contribution < -0.4 is 10.1 Å². The summed E-state index contributed by atoms with van der Waals surface area (Å²) in [6.07, 6.45) is -0.291. The summed E-state index contributed by atoms with van der Waals surface area (Å²) in [6, 6.07) is 7.20. The van der Waals surface area contributed by atoms with Gasteiger partial charge in [-0.05, 0) is 38.1 Å². The number of para-hydroxylation sites is 2. The molecule has 0 spiro atoms. The number of aliphatic hydroxyl groups excluding tert-OH is 2. The molecule has 0 radical (unpaired) electrons. The van der Waals surface area contributed by atoms with E-state index in [9.17, 15) is 19.8 Å². The van der Waals surface area contributed by atoms with Crippen LogP contribution in [0.15, 0.2) is 47.9 Å². The molecule has 0 aromatic heterocycles. The second-order valence-corrected chi connectivity index (χ2v) is 5.85. The molecule has 3 unspecified atom stereocenters. The molecule has 1 aromatic carbocycles. The van der Waals surface area contributed by atoms with Gasteiger partial charge in [0.15, 0.2) is 0 Å². The summed E-state index contributed by atoms with van der Waals surface area (Å²) in [6.45, 7) is 3.40. The Kier molecular flexibility index (Phi) is 6.98. The van der Waals surface area contributed by atoms with Gasteiger partial charge in [-0.25, -0.2) is 4.79 Å². The van der Waals surface area contributed by atoms with Gasteiger partial charge in [0.05, 0.1) is 31.6 Å². The van der Waals surface area contributed by atoms with Crippen LogP contribution in [0.2, 0.25) is 0 Å². The van der Waals surface area contributed by atoms with Crippen LogP contribution in [0.1, 0.15) is 13.8 Å². The zero-order chi connectivity index (χ0) is 20.0. The summed E-state index contributed by atoms with van der Waals surface area (Å²) in [7, 11) is 1.54. The highest BCUT2D eigenvalue weighted by Crippen LogP contribution is 2.26. The third-order valence-electron chi connectivity index (χ3n) is 3.88. The fraction of sp³-hybridized carbons (Fsp3) is 0.368. The Hall–Kier alpha value is -2.84. The van der Waals surface area contributed by atoms with E-state index in [1.807, 2.05) is 12.1 Å². The minimum absolute atomic E-state index is 0.104. The topological polar surface area (TPSA) is 114 Å². The lowest BCUT2D eigenvalue weighted by atomic mass is 9.93. The number of hydrogen-bond acceptors (Lipinski definition) is 8. The average Bonchev–Trinajstić information content (AvgIpc) is 2.61. The summed E-state index contributed by atoms with van der Waals surface area (Å²) in [5, 5.41) is 23.6. The smallest absolute Gasteiger partial charge is 0.374 e. The van der Waals surface area contributed by atoms with Crippen LogP contribution in [0.4, 0.5) is 5.69 Å². The first-order chi connectivity index (χ1) is 12.9. The molecule has 8 nitrogen and oxygen atoms in total. The Balaban J connectivity index is 2.12. The summed E-state index contributed by atoms with van der Waals surface area (Å²) in [4.78, 5) is 23.8. The first kappa shape index (κ1) is 20.5. The van der Waals surface area contributed by atoms with Crippen molar-refractivity contribution >= 4 is 17.6 Å². The molecule has 1 aromatic rings. The molecule has 3 atom stereocenters. The zero-order valence-corrected chi connectivity index (χ0v) is 15.3. The van der Waals surface area contributed by atoms with Crippen molar-refractivity contribution in [2.75, 3.05) is 19.0 Å². The highest BCUT2D eigenvalue weighted by Gasteiger charge is 2.39. The number of benzene rings is 1. The van der Waals surface area contributed by atoms with Crippen LogP contribution in [0.3, 0.4) is 0 Å². The molecule has 0 saturated carbocycles. The van der Waals surface area contributed by atoms with Crippen LogP contribution in [-0.2, 0) is 19.1 Å². The molecule has 3 N–H and O–H groups in total. The Bertz CT molecular complexity index is 756. The van der Waals surface area contributed by atoms with Gasteiger partial charge in [0.2, 0.25) is 5.76 Å². The predicted molar refractivity (Wildman–Crippen MR) is 96.7 cm³/mol. The number of carbonyl (C=O) groups excluding carboxylic acids is 2. The molecule has 0 amide bonds. The highest BCUT2D eigenvalue weighted by atomic mass is 16.6. The largest absolute Gasteiger partial charge is 0.495 e. The van der Waals surface area contributed by atoms with E-state index in [1.54, 1.807) is 26.0 Å². The van der Waals surface area contributed by atoms with E-state index >= 15 is 0 Å². The standard InChI is InChI=1S/C19H23NO7/c1-4-26-18(23)16-10-14(22)17(19(24)27-16)13(21)9-11(2)20-12-7-5-6-8-15(12)25-3/h5-10,13-14,17,20-22H,4H2,1-3H3. The molecule has 1 aliphatic rings. The van der Waals surface area contributed by atoms with Gasteiger partial charge >= 0.3 is 11.9 Å². The number of ether oxygens (including phenoxy) is 3. The van der Waals surface area contributed by atoms with Crippen molar-refractivity contribution in [3.05, 3.63) is 47.9 Å². The van der Waals surface area contributed by atoms with Gasteiger partial charge < -0.3 is 29.7 Å². The maximum Gasteiger partial charge on any atom is 0.374 e. The number of esters is 2. The summed E-state index contributed by atoms with van der Waals surface area (Å²) >= 11 is 0.